The lowest BCUT2D eigenvalue weighted by Crippen LogP contribution is -2.09. The molecule has 0 spiro atoms. The summed E-state index contributed by atoms with van der Waals surface area (Å²) >= 11 is 3.45. The lowest BCUT2D eigenvalue weighted by atomic mass is 10.1. The van der Waals surface area contributed by atoms with Crippen molar-refractivity contribution < 1.29 is 0 Å². The Kier molecular flexibility index (Phi) is 4.30. The van der Waals surface area contributed by atoms with Crippen molar-refractivity contribution in [3.8, 4) is 11.3 Å². The van der Waals surface area contributed by atoms with Crippen LogP contribution < -0.4 is 5.73 Å². The highest BCUT2D eigenvalue weighted by Gasteiger charge is 2.17. The first kappa shape index (κ1) is 14.1. The van der Waals surface area contributed by atoms with Crippen LogP contribution in [0.5, 0.6) is 0 Å². The smallest absolute Gasteiger partial charge is 0.131 e. The summed E-state index contributed by atoms with van der Waals surface area (Å²) in [5.41, 5.74) is 8.25. The first-order valence-corrected chi connectivity index (χ1v) is 7.46. The van der Waals surface area contributed by atoms with Crippen molar-refractivity contribution >= 4 is 21.7 Å². The van der Waals surface area contributed by atoms with E-state index in [-0.39, 0.29) is 0 Å². The van der Waals surface area contributed by atoms with Crippen LogP contribution >= 0.6 is 15.9 Å². The SMILES string of the molecule is CCCc1nc(-c2ccc(Br)cc2)c(N)n1C(C)C. The zero-order chi connectivity index (χ0) is 14.0. The third-order valence-electron chi connectivity index (χ3n) is 3.13. The molecule has 0 aliphatic carbocycles. The number of aromatic nitrogens is 2. The van der Waals surface area contributed by atoms with Crippen LogP contribution in [0.2, 0.25) is 0 Å². The van der Waals surface area contributed by atoms with Gasteiger partial charge in [0.25, 0.3) is 0 Å². The summed E-state index contributed by atoms with van der Waals surface area (Å²) in [4.78, 5) is 4.74. The van der Waals surface area contributed by atoms with Gasteiger partial charge in [-0.2, -0.15) is 0 Å². The van der Waals surface area contributed by atoms with E-state index in [9.17, 15) is 0 Å². The highest BCUT2D eigenvalue weighted by Crippen LogP contribution is 2.30. The van der Waals surface area contributed by atoms with Crippen LogP contribution in [0, 0.1) is 0 Å². The molecule has 2 aromatic rings. The van der Waals surface area contributed by atoms with Gasteiger partial charge in [-0.25, -0.2) is 4.98 Å². The normalized spacial score (nSPS) is 11.2. The molecule has 2 rings (SSSR count). The van der Waals surface area contributed by atoms with Crippen molar-refractivity contribution in [3.63, 3.8) is 0 Å². The van der Waals surface area contributed by atoms with Gasteiger partial charge in [0, 0.05) is 22.5 Å². The van der Waals surface area contributed by atoms with Crippen LogP contribution in [0.15, 0.2) is 28.7 Å². The average Bonchev–Trinajstić information content (AvgIpc) is 2.68. The molecule has 0 saturated heterocycles. The fourth-order valence-electron chi connectivity index (χ4n) is 2.29. The maximum atomic E-state index is 6.29. The van der Waals surface area contributed by atoms with Crippen molar-refractivity contribution in [2.24, 2.45) is 0 Å². The molecule has 0 atom stereocenters. The standard InChI is InChI=1S/C15H20BrN3/c1-4-5-13-18-14(15(17)19(13)10(2)3)11-6-8-12(16)9-7-11/h6-10H,4-5,17H2,1-3H3. The summed E-state index contributed by atoms with van der Waals surface area (Å²) in [5, 5.41) is 0. The third-order valence-corrected chi connectivity index (χ3v) is 3.66. The van der Waals surface area contributed by atoms with Gasteiger partial charge in [0.15, 0.2) is 0 Å². The van der Waals surface area contributed by atoms with Gasteiger partial charge in [-0.05, 0) is 32.4 Å². The van der Waals surface area contributed by atoms with E-state index >= 15 is 0 Å². The Morgan fingerprint density at radius 2 is 1.89 bits per heavy atom. The highest BCUT2D eigenvalue weighted by molar-refractivity contribution is 9.10. The van der Waals surface area contributed by atoms with Gasteiger partial charge in [0.05, 0.1) is 0 Å². The number of nitrogens with two attached hydrogens (primary N) is 1. The molecule has 0 unspecified atom stereocenters. The summed E-state index contributed by atoms with van der Waals surface area (Å²) in [7, 11) is 0. The van der Waals surface area contributed by atoms with E-state index in [1.807, 2.05) is 24.3 Å². The maximum absolute atomic E-state index is 6.29. The maximum Gasteiger partial charge on any atom is 0.131 e. The summed E-state index contributed by atoms with van der Waals surface area (Å²) in [6.07, 6.45) is 2.03. The quantitative estimate of drug-likeness (QED) is 0.905. The Hall–Kier alpha value is -1.29. The Balaban J connectivity index is 2.52. The molecule has 19 heavy (non-hydrogen) atoms. The van der Waals surface area contributed by atoms with E-state index in [1.165, 1.54) is 0 Å². The molecule has 1 aromatic heterocycles. The third kappa shape index (κ3) is 2.84. The minimum Gasteiger partial charge on any atom is -0.383 e. The topological polar surface area (TPSA) is 43.8 Å². The second kappa shape index (κ2) is 5.78. The largest absolute Gasteiger partial charge is 0.383 e. The van der Waals surface area contributed by atoms with Crippen LogP contribution in [0.4, 0.5) is 5.82 Å². The molecule has 0 fully saturated rings. The lowest BCUT2D eigenvalue weighted by molar-refractivity contribution is 0.571. The Morgan fingerprint density at radius 1 is 1.26 bits per heavy atom. The minimum absolute atomic E-state index is 0.332. The van der Waals surface area contributed by atoms with Crippen LogP contribution in [-0.4, -0.2) is 9.55 Å². The van der Waals surface area contributed by atoms with E-state index in [1.54, 1.807) is 0 Å². The first-order chi connectivity index (χ1) is 9.04. The fourth-order valence-corrected chi connectivity index (χ4v) is 2.55. The number of halogens is 1. The number of hydrogen-bond acceptors (Lipinski definition) is 2. The van der Waals surface area contributed by atoms with Crippen molar-refractivity contribution in [3.05, 3.63) is 34.6 Å². The highest BCUT2D eigenvalue weighted by atomic mass is 79.9. The zero-order valence-electron chi connectivity index (χ0n) is 11.7. The van der Waals surface area contributed by atoms with E-state index < -0.39 is 0 Å². The second-order valence-corrected chi connectivity index (χ2v) is 5.90. The monoisotopic (exact) mass is 321 g/mol. The van der Waals surface area contributed by atoms with E-state index in [2.05, 4.69) is 41.3 Å². The molecular weight excluding hydrogens is 302 g/mol. The zero-order valence-corrected chi connectivity index (χ0v) is 13.2. The molecule has 2 N–H and O–H groups in total. The number of benzene rings is 1. The van der Waals surface area contributed by atoms with Crippen LogP contribution in [0.1, 0.15) is 39.1 Å². The van der Waals surface area contributed by atoms with Crippen molar-refractivity contribution in [1.82, 2.24) is 9.55 Å². The van der Waals surface area contributed by atoms with Crippen molar-refractivity contribution in [2.45, 2.75) is 39.7 Å². The van der Waals surface area contributed by atoms with Gasteiger partial charge < -0.3 is 10.3 Å². The number of aryl methyl sites for hydroxylation is 1. The van der Waals surface area contributed by atoms with Gasteiger partial charge in [-0.3, -0.25) is 0 Å². The molecule has 0 saturated carbocycles. The number of imidazole rings is 1. The molecule has 0 radical (unpaired) electrons. The molecule has 0 aliphatic rings. The van der Waals surface area contributed by atoms with Crippen LogP contribution in [0.25, 0.3) is 11.3 Å². The second-order valence-electron chi connectivity index (χ2n) is 4.98. The van der Waals surface area contributed by atoms with Gasteiger partial charge in [0.2, 0.25) is 0 Å². The van der Waals surface area contributed by atoms with E-state index in [4.69, 9.17) is 10.7 Å². The molecular formula is C15H20BrN3. The summed E-state index contributed by atoms with van der Waals surface area (Å²) in [6, 6.07) is 8.45. The number of rotatable bonds is 4. The predicted molar refractivity (Wildman–Crippen MR) is 84.2 cm³/mol. The van der Waals surface area contributed by atoms with E-state index in [0.29, 0.717) is 6.04 Å². The van der Waals surface area contributed by atoms with Gasteiger partial charge in [-0.15, -0.1) is 0 Å². The van der Waals surface area contributed by atoms with E-state index in [0.717, 1.165) is 40.2 Å². The number of nitrogen functional groups attached to an aromatic ring is 1. The van der Waals surface area contributed by atoms with Crippen molar-refractivity contribution in [2.75, 3.05) is 5.73 Å². The molecule has 0 bridgehead atoms. The van der Waals surface area contributed by atoms with Crippen molar-refractivity contribution in [1.29, 1.82) is 0 Å². The molecule has 3 nitrogen and oxygen atoms in total. The summed E-state index contributed by atoms with van der Waals surface area (Å²) in [5.74, 6) is 1.84. The average molecular weight is 322 g/mol. The Morgan fingerprint density at radius 3 is 2.42 bits per heavy atom. The number of hydrogen-bond donors (Lipinski definition) is 1. The predicted octanol–water partition coefficient (Wildman–Crippen LogP) is 4.43. The number of nitrogens with zero attached hydrogens (tertiary/aromatic N) is 2. The van der Waals surface area contributed by atoms with Gasteiger partial charge in [0.1, 0.15) is 17.3 Å². The van der Waals surface area contributed by atoms with Gasteiger partial charge >= 0.3 is 0 Å². The molecule has 4 heteroatoms. The number of anilines is 1. The lowest BCUT2D eigenvalue weighted by Gasteiger charge is -2.13. The molecule has 102 valence electrons. The van der Waals surface area contributed by atoms with Gasteiger partial charge in [-0.1, -0.05) is 35.0 Å². The first-order valence-electron chi connectivity index (χ1n) is 6.67. The molecule has 0 amide bonds. The Bertz CT molecular complexity index is 556. The summed E-state index contributed by atoms with van der Waals surface area (Å²) in [6.45, 7) is 6.44. The van der Waals surface area contributed by atoms with Crippen LogP contribution in [-0.2, 0) is 6.42 Å². The summed E-state index contributed by atoms with van der Waals surface area (Å²) < 4.78 is 3.20. The molecule has 0 aliphatic heterocycles. The molecule has 1 heterocycles. The minimum atomic E-state index is 0.332. The molecule has 1 aromatic carbocycles. The Labute approximate surface area is 123 Å². The fraction of sp³-hybridized carbons (Fsp3) is 0.400. The van der Waals surface area contributed by atoms with Crippen LogP contribution in [0.3, 0.4) is 0 Å².